The van der Waals surface area contributed by atoms with E-state index in [2.05, 4.69) is 6.58 Å². The molecule has 1 amide bonds. The van der Waals surface area contributed by atoms with Gasteiger partial charge in [0.05, 0.1) is 13.0 Å². The van der Waals surface area contributed by atoms with Crippen LogP contribution in [0.2, 0.25) is 0 Å². The van der Waals surface area contributed by atoms with E-state index in [4.69, 9.17) is 14.2 Å². The lowest BCUT2D eigenvalue weighted by Gasteiger charge is -2.20. The van der Waals surface area contributed by atoms with Gasteiger partial charge in [-0.15, -0.1) is 6.58 Å². The molecule has 1 heterocycles. The van der Waals surface area contributed by atoms with Crippen molar-refractivity contribution in [1.29, 1.82) is 0 Å². The quantitative estimate of drug-likeness (QED) is 0.569. The minimum Gasteiger partial charge on any atom is -0.466 e. The normalized spacial score (nSPS) is 11.9. The fourth-order valence-corrected chi connectivity index (χ4v) is 2.10. The summed E-state index contributed by atoms with van der Waals surface area (Å²) in [6, 6.07) is 5.02. The van der Waals surface area contributed by atoms with Gasteiger partial charge in [-0.1, -0.05) is 6.08 Å². The maximum atomic E-state index is 12.5. The summed E-state index contributed by atoms with van der Waals surface area (Å²) in [6.45, 7) is 6.51. The van der Waals surface area contributed by atoms with Gasteiger partial charge in [0.1, 0.15) is 0 Å². The molecule has 1 aromatic rings. The van der Waals surface area contributed by atoms with E-state index in [0.29, 0.717) is 30.2 Å². The van der Waals surface area contributed by atoms with Crippen LogP contribution in [0.25, 0.3) is 0 Å². The Balaban J connectivity index is 2.05. The SMILES string of the molecule is C=CCN(CCC(=O)OCC)C(=O)c1ccc2c(c1)OCO2. The maximum absolute atomic E-state index is 12.5. The van der Waals surface area contributed by atoms with Crippen LogP contribution in [0.15, 0.2) is 30.9 Å². The number of benzene rings is 1. The van der Waals surface area contributed by atoms with Gasteiger partial charge in [0, 0.05) is 18.7 Å². The van der Waals surface area contributed by atoms with Gasteiger partial charge < -0.3 is 19.1 Å². The minimum atomic E-state index is -0.324. The molecule has 0 bridgehead atoms. The van der Waals surface area contributed by atoms with E-state index in [9.17, 15) is 9.59 Å². The van der Waals surface area contributed by atoms with E-state index >= 15 is 0 Å². The molecular formula is C16H19NO5. The number of ether oxygens (including phenoxy) is 3. The van der Waals surface area contributed by atoms with Crippen LogP contribution in [0, 0.1) is 0 Å². The molecule has 0 N–H and O–H groups in total. The van der Waals surface area contributed by atoms with E-state index < -0.39 is 0 Å². The second kappa shape index (κ2) is 7.49. The fourth-order valence-electron chi connectivity index (χ4n) is 2.10. The van der Waals surface area contributed by atoms with Crippen LogP contribution in [0.4, 0.5) is 0 Å². The van der Waals surface area contributed by atoms with Gasteiger partial charge in [-0.2, -0.15) is 0 Å². The van der Waals surface area contributed by atoms with Crippen molar-refractivity contribution >= 4 is 11.9 Å². The summed E-state index contributed by atoms with van der Waals surface area (Å²) in [5.74, 6) is 0.658. The van der Waals surface area contributed by atoms with Crippen LogP contribution in [0.3, 0.4) is 0 Å². The third-order valence-corrected chi connectivity index (χ3v) is 3.15. The highest BCUT2D eigenvalue weighted by Gasteiger charge is 2.20. The molecule has 0 fully saturated rings. The third-order valence-electron chi connectivity index (χ3n) is 3.15. The van der Waals surface area contributed by atoms with Gasteiger partial charge in [-0.25, -0.2) is 0 Å². The van der Waals surface area contributed by atoms with Crippen LogP contribution < -0.4 is 9.47 Å². The van der Waals surface area contributed by atoms with Gasteiger partial charge in [0.15, 0.2) is 11.5 Å². The average Bonchev–Trinajstić information content (AvgIpc) is 2.98. The first-order valence-corrected chi connectivity index (χ1v) is 7.11. The van der Waals surface area contributed by atoms with Crippen molar-refractivity contribution in [1.82, 2.24) is 4.90 Å². The number of fused-ring (bicyclic) bond motifs is 1. The molecule has 6 nitrogen and oxygen atoms in total. The third kappa shape index (κ3) is 3.78. The van der Waals surface area contributed by atoms with Crippen molar-refractivity contribution in [3.05, 3.63) is 36.4 Å². The molecule has 0 saturated heterocycles. The molecule has 1 aliphatic heterocycles. The number of hydrogen-bond donors (Lipinski definition) is 0. The van der Waals surface area contributed by atoms with E-state index in [0.717, 1.165) is 0 Å². The Hall–Kier alpha value is -2.50. The number of esters is 1. The highest BCUT2D eigenvalue weighted by atomic mass is 16.7. The van der Waals surface area contributed by atoms with Crippen LogP contribution in [-0.2, 0) is 9.53 Å². The number of hydrogen-bond acceptors (Lipinski definition) is 5. The van der Waals surface area contributed by atoms with Crippen molar-refractivity contribution in [3.8, 4) is 11.5 Å². The van der Waals surface area contributed by atoms with Crippen LogP contribution in [-0.4, -0.2) is 43.3 Å². The Labute approximate surface area is 129 Å². The first-order chi connectivity index (χ1) is 10.7. The van der Waals surface area contributed by atoms with Crippen molar-refractivity contribution in [2.75, 3.05) is 26.5 Å². The second-order valence-corrected chi connectivity index (χ2v) is 4.66. The lowest BCUT2D eigenvalue weighted by atomic mass is 10.1. The predicted octanol–water partition coefficient (Wildman–Crippen LogP) is 2.00. The number of nitrogens with zero attached hydrogens (tertiary/aromatic N) is 1. The van der Waals surface area contributed by atoms with Crippen molar-refractivity contribution in [2.45, 2.75) is 13.3 Å². The lowest BCUT2D eigenvalue weighted by Crippen LogP contribution is -2.33. The predicted molar refractivity (Wildman–Crippen MR) is 79.9 cm³/mol. The van der Waals surface area contributed by atoms with Crippen molar-refractivity contribution in [2.24, 2.45) is 0 Å². The Morgan fingerprint density at radius 2 is 2.14 bits per heavy atom. The molecule has 0 aliphatic carbocycles. The Kier molecular flexibility index (Phi) is 5.41. The zero-order chi connectivity index (χ0) is 15.9. The van der Waals surface area contributed by atoms with E-state index in [-0.39, 0.29) is 31.6 Å². The van der Waals surface area contributed by atoms with Gasteiger partial charge in [-0.3, -0.25) is 9.59 Å². The molecule has 0 spiro atoms. The number of rotatable bonds is 7. The molecule has 0 aromatic heterocycles. The van der Waals surface area contributed by atoms with Crippen molar-refractivity contribution < 1.29 is 23.8 Å². The monoisotopic (exact) mass is 305 g/mol. The molecule has 0 radical (unpaired) electrons. The summed E-state index contributed by atoms with van der Waals surface area (Å²) in [4.78, 5) is 25.5. The number of carbonyl (C=O) groups is 2. The molecule has 1 aliphatic rings. The van der Waals surface area contributed by atoms with Crippen molar-refractivity contribution in [3.63, 3.8) is 0 Å². The first-order valence-electron chi connectivity index (χ1n) is 7.11. The summed E-state index contributed by atoms with van der Waals surface area (Å²) in [7, 11) is 0. The van der Waals surface area contributed by atoms with Gasteiger partial charge >= 0.3 is 5.97 Å². The minimum absolute atomic E-state index is 0.151. The zero-order valence-corrected chi connectivity index (χ0v) is 12.5. The standard InChI is InChI=1S/C16H19NO5/c1-3-8-17(9-7-15(18)20-4-2)16(19)12-5-6-13-14(10-12)22-11-21-13/h3,5-6,10H,1,4,7-9,11H2,2H3. The Morgan fingerprint density at radius 1 is 1.36 bits per heavy atom. The maximum Gasteiger partial charge on any atom is 0.307 e. The van der Waals surface area contributed by atoms with Gasteiger partial charge in [-0.05, 0) is 25.1 Å². The second-order valence-electron chi connectivity index (χ2n) is 4.66. The summed E-state index contributed by atoms with van der Waals surface area (Å²) >= 11 is 0. The molecule has 1 aromatic carbocycles. The number of carbonyl (C=O) groups excluding carboxylic acids is 2. The topological polar surface area (TPSA) is 65.1 Å². The average molecular weight is 305 g/mol. The molecule has 0 saturated carbocycles. The van der Waals surface area contributed by atoms with E-state index in [1.807, 2.05) is 0 Å². The summed E-state index contributed by atoms with van der Waals surface area (Å²) in [5, 5.41) is 0. The summed E-state index contributed by atoms with van der Waals surface area (Å²) < 4.78 is 15.4. The molecule has 6 heteroatoms. The largest absolute Gasteiger partial charge is 0.466 e. The van der Waals surface area contributed by atoms with Gasteiger partial charge in [0.25, 0.3) is 5.91 Å². The van der Waals surface area contributed by atoms with Crippen LogP contribution in [0.1, 0.15) is 23.7 Å². The van der Waals surface area contributed by atoms with E-state index in [1.165, 1.54) is 0 Å². The fraction of sp³-hybridized carbons (Fsp3) is 0.375. The molecule has 0 unspecified atom stereocenters. The summed E-state index contributed by atoms with van der Waals surface area (Å²) in [6.07, 6.45) is 1.77. The molecule has 118 valence electrons. The molecule has 22 heavy (non-hydrogen) atoms. The highest BCUT2D eigenvalue weighted by molar-refractivity contribution is 5.95. The van der Waals surface area contributed by atoms with Gasteiger partial charge in [0.2, 0.25) is 6.79 Å². The Bertz CT molecular complexity index is 570. The highest BCUT2D eigenvalue weighted by Crippen LogP contribution is 2.32. The van der Waals surface area contributed by atoms with E-state index in [1.54, 1.807) is 36.1 Å². The first kappa shape index (κ1) is 15.9. The Morgan fingerprint density at radius 3 is 2.86 bits per heavy atom. The summed E-state index contributed by atoms with van der Waals surface area (Å²) in [5.41, 5.74) is 0.481. The molecule has 0 atom stereocenters. The molecular weight excluding hydrogens is 286 g/mol. The van der Waals surface area contributed by atoms with Crippen LogP contribution in [0.5, 0.6) is 11.5 Å². The number of amides is 1. The lowest BCUT2D eigenvalue weighted by molar-refractivity contribution is -0.143. The van der Waals surface area contributed by atoms with Crippen LogP contribution >= 0.6 is 0 Å². The smallest absolute Gasteiger partial charge is 0.307 e. The zero-order valence-electron chi connectivity index (χ0n) is 12.5. The molecule has 2 rings (SSSR count).